The zero-order valence-electron chi connectivity index (χ0n) is 9.64. The van der Waals surface area contributed by atoms with E-state index >= 15 is 0 Å². The van der Waals surface area contributed by atoms with Crippen LogP contribution in [0.2, 0.25) is 0 Å². The van der Waals surface area contributed by atoms with Crippen LogP contribution in [0.4, 0.5) is 0 Å². The lowest BCUT2D eigenvalue weighted by atomic mass is 9.86. The quantitative estimate of drug-likeness (QED) is 0.594. The first-order valence-corrected chi connectivity index (χ1v) is 5.61. The number of carbonyl (C=O) groups is 2. The topological polar surface area (TPSA) is 52.6 Å². The van der Waals surface area contributed by atoms with E-state index in [9.17, 15) is 9.59 Å². The van der Waals surface area contributed by atoms with E-state index in [1.165, 1.54) is 7.11 Å². The van der Waals surface area contributed by atoms with Crippen molar-refractivity contribution in [3.63, 3.8) is 0 Å². The molecule has 0 radical (unpaired) electrons. The summed E-state index contributed by atoms with van der Waals surface area (Å²) in [5, 5.41) is 0. The van der Waals surface area contributed by atoms with Gasteiger partial charge in [-0.2, -0.15) is 0 Å². The number of hydrogen-bond donors (Lipinski definition) is 0. The monoisotopic (exact) mass is 234 g/mol. The van der Waals surface area contributed by atoms with Crippen LogP contribution in [0.25, 0.3) is 0 Å². The van der Waals surface area contributed by atoms with Gasteiger partial charge in [0.2, 0.25) is 0 Å². The highest BCUT2D eigenvalue weighted by Gasteiger charge is 2.27. The summed E-state index contributed by atoms with van der Waals surface area (Å²) >= 11 is 0. The van der Waals surface area contributed by atoms with Crippen molar-refractivity contribution >= 4 is 11.9 Å². The van der Waals surface area contributed by atoms with Crippen LogP contribution in [-0.2, 0) is 9.53 Å². The Morgan fingerprint density at radius 1 is 1.18 bits per heavy atom. The lowest BCUT2D eigenvalue weighted by Gasteiger charge is -2.22. The smallest absolute Gasteiger partial charge is 0.337 e. The molecule has 0 atom stereocenters. The Labute approximate surface area is 99.5 Å². The molecule has 1 fully saturated rings. The van der Waals surface area contributed by atoms with Gasteiger partial charge in [-0.15, -0.1) is 0 Å². The summed E-state index contributed by atoms with van der Waals surface area (Å²) in [4.78, 5) is 22.7. The Kier molecular flexibility index (Phi) is 3.42. The number of carbonyl (C=O) groups excluding carboxylic acids is 2. The number of ether oxygens (including phenoxy) is 2. The molecule has 4 nitrogen and oxygen atoms in total. The highest BCUT2D eigenvalue weighted by molar-refractivity contribution is 5.89. The number of esters is 2. The lowest BCUT2D eigenvalue weighted by molar-refractivity contribution is -0.141. The van der Waals surface area contributed by atoms with Crippen LogP contribution >= 0.6 is 0 Å². The largest absolute Gasteiger partial charge is 0.465 e. The van der Waals surface area contributed by atoms with Gasteiger partial charge in [-0.25, -0.2) is 4.79 Å². The molecule has 0 amide bonds. The molecular weight excluding hydrogens is 220 g/mol. The van der Waals surface area contributed by atoms with Gasteiger partial charge >= 0.3 is 11.9 Å². The molecule has 0 aliphatic heterocycles. The second kappa shape index (κ2) is 4.99. The van der Waals surface area contributed by atoms with Crippen molar-refractivity contribution in [1.82, 2.24) is 0 Å². The van der Waals surface area contributed by atoms with Crippen LogP contribution in [-0.4, -0.2) is 19.0 Å². The van der Waals surface area contributed by atoms with Gasteiger partial charge in [0, 0.05) is 0 Å². The Hall–Kier alpha value is -1.84. The molecule has 0 unspecified atom stereocenters. The SMILES string of the molecule is COC(=O)c1ccc(OC(=O)C2CCC2)cc1. The van der Waals surface area contributed by atoms with Crippen LogP contribution in [0.5, 0.6) is 5.75 Å². The van der Waals surface area contributed by atoms with Gasteiger partial charge in [0.1, 0.15) is 5.75 Å². The van der Waals surface area contributed by atoms with Gasteiger partial charge < -0.3 is 9.47 Å². The molecule has 0 heterocycles. The fraction of sp³-hybridized carbons (Fsp3) is 0.385. The highest BCUT2D eigenvalue weighted by Crippen LogP contribution is 2.28. The molecule has 1 aromatic carbocycles. The van der Waals surface area contributed by atoms with E-state index in [2.05, 4.69) is 4.74 Å². The van der Waals surface area contributed by atoms with Crippen molar-refractivity contribution in [2.75, 3.05) is 7.11 Å². The van der Waals surface area contributed by atoms with E-state index in [-0.39, 0.29) is 11.9 Å². The summed E-state index contributed by atoms with van der Waals surface area (Å²) in [6, 6.07) is 6.36. The molecule has 1 saturated carbocycles. The first-order valence-electron chi connectivity index (χ1n) is 5.61. The van der Waals surface area contributed by atoms with Gasteiger partial charge in [0.25, 0.3) is 0 Å². The fourth-order valence-electron chi connectivity index (χ4n) is 1.62. The number of benzene rings is 1. The van der Waals surface area contributed by atoms with Crippen molar-refractivity contribution in [2.24, 2.45) is 5.92 Å². The maximum absolute atomic E-state index is 11.6. The van der Waals surface area contributed by atoms with E-state index in [1.807, 2.05) is 0 Å². The van der Waals surface area contributed by atoms with Crippen LogP contribution in [0.1, 0.15) is 29.6 Å². The second-order valence-corrected chi connectivity index (χ2v) is 4.06. The van der Waals surface area contributed by atoms with Crippen LogP contribution in [0, 0.1) is 5.92 Å². The van der Waals surface area contributed by atoms with E-state index in [4.69, 9.17) is 4.74 Å². The molecule has 0 spiro atoms. The van der Waals surface area contributed by atoms with E-state index < -0.39 is 5.97 Å². The third-order valence-corrected chi connectivity index (χ3v) is 2.93. The van der Waals surface area contributed by atoms with Crippen molar-refractivity contribution in [3.05, 3.63) is 29.8 Å². The van der Waals surface area contributed by atoms with E-state index in [0.29, 0.717) is 11.3 Å². The first kappa shape index (κ1) is 11.6. The Bertz CT molecular complexity index is 418. The molecule has 0 saturated heterocycles. The second-order valence-electron chi connectivity index (χ2n) is 4.06. The lowest BCUT2D eigenvalue weighted by Crippen LogP contribution is -2.26. The minimum Gasteiger partial charge on any atom is -0.465 e. The molecule has 1 aliphatic rings. The number of hydrogen-bond acceptors (Lipinski definition) is 4. The minimum atomic E-state index is -0.401. The van der Waals surface area contributed by atoms with Gasteiger partial charge in [0.15, 0.2) is 0 Å². The van der Waals surface area contributed by atoms with Gasteiger partial charge in [0.05, 0.1) is 18.6 Å². The molecule has 17 heavy (non-hydrogen) atoms. The zero-order valence-corrected chi connectivity index (χ0v) is 9.64. The molecule has 0 N–H and O–H groups in total. The van der Waals surface area contributed by atoms with Crippen LogP contribution in [0.15, 0.2) is 24.3 Å². The number of methoxy groups -OCH3 is 1. The Morgan fingerprint density at radius 2 is 1.82 bits per heavy atom. The summed E-state index contributed by atoms with van der Waals surface area (Å²) in [5.74, 6) is -0.0613. The number of rotatable bonds is 3. The Balaban J connectivity index is 1.97. The summed E-state index contributed by atoms with van der Waals surface area (Å²) in [5.41, 5.74) is 0.441. The molecule has 1 aromatic rings. The molecule has 2 rings (SSSR count). The van der Waals surface area contributed by atoms with Crippen molar-refractivity contribution in [1.29, 1.82) is 0 Å². The van der Waals surface area contributed by atoms with Crippen molar-refractivity contribution in [2.45, 2.75) is 19.3 Å². The van der Waals surface area contributed by atoms with Crippen molar-refractivity contribution in [3.8, 4) is 5.75 Å². The summed E-state index contributed by atoms with van der Waals surface area (Å²) in [6.07, 6.45) is 2.93. The summed E-state index contributed by atoms with van der Waals surface area (Å²) in [6.45, 7) is 0. The molecule has 4 heteroatoms. The molecule has 90 valence electrons. The third-order valence-electron chi connectivity index (χ3n) is 2.93. The zero-order chi connectivity index (χ0) is 12.3. The highest BCUT2D eigenvalue weighted by atomic mass is 16.5. The minimum absolute atomic E-state index is 0.0512. The molecule has 1 aliphatic carbocycles. The normalized spacial score (nSPS) is 14.9. The van der Waals surface area contributed by atoms with Gasteiger partial charge in [-0.05, 0) is 37.1 Å². The maximum atomic E-state index is 11.6. The van der Waals surface area contributed by atoms with Gasteiger partial charge in [-0.1, -0.05) is 6.42 Å². The molecule has 0 bridgehead atoms. The molecule has 0 aromatic heterocycles. The predicted octanol–water partition coefficient (Wildman–Crippen LogP) is 2.18. The first-order chi connectivity index (χ1) is 8.20. The summed E-state index contributed by atoms with van der Waals surface area (Å²) < 4.78 is 9.77. The predicted molar refractivity (Wildman–Crippen MR) is 60.8 cm³/mol. The average Bonchev–Trinajstić information content (AvgIpc) is 2.26. The maximum Gasteiger partial charge on any atom is 0.337 e. The van der Waals surface area contributed by atoms with Crippen molar-refractivity contribution < 1.29 is 19.1 Å². The molecular formula is C13H14O4. The summed E-state index contributed by atoms with van der Waals surface area (Å²) in [7, 11) is 1.33. The van der Waals surface area contributed by atoms with Crippen LogP contribution in [0.3, 0.4) is 0 Å². The van der Waals surface area contributed by atoms with E-state index in [1.54, 1.807) is 24.3 Å². The fourth-order valence-corrected chi connectivity index (χ4v) is 1.62. The van der Waals surface area contributed by atoms with Gasteiger partial charge in [-0.3, -0.25) is 4.79 Å². The average molecular weight is 234 g/mol. The standard InChI is InChI=1S/C13H14O4/c1-16-12(14)10-5-7-11(8-6-10)17-13(15)9-3-2-4-9/h5-9H,2-4H2,1H3. The Morgan fingerprint density at radius 3 is 2.29 bits per heavy atom. The third kappa shape index (κ3) is 2.64. The van der Waals surface area contributed by atoms with Crippen LogP contribution < -0.4 is 4.74 Å². The van der Waals surface area contributed by atoms with E-state index in [0.717, 1.165) is 19.3 Å².